The fraction of sp³-hybridized carbons (Fsp3) is 0.429. The van der Waals surface area contributed by atoms with Gasteiger partial charge in [-0.05, 0) is 25.0 Å². The van der Waals surface area contributed by atoms with E-state index in [0.717, 1.165) is 25.3 Å². The maximum atomic E-state index is 13.4. The fourth-order valence-electron chi connectivity index (χ4n) is 1.67. The molecule has 0 saturated carbocycles. The summed E-state index contributed by atoms with van der Waals surface area (Å²) in [5.74, 6) is 0.425. The van der Waals surface area contributed by atoms with Gasteiger partial charge in [0.2, 0.25) is 0 Å². The summed E-state index contributed by atoms with van der Waals surface area (Å²) >= 11 is 0. The first kappa shape index (κ1) is 18.8. The molecule has 0 aromatic carbocycles. The molecular formula is C14H22FIN4. The van der Waals surface area contributed by atoms with Gasteiger partial charge >= 0.3 is 0 Å². The van der Waals surface area contributed by atoms with Gasteiger partial charge in [0.05, 0.1) is 12.2 Å². The Bertz CT molecular complexity index is 437. The Balaban J connectivity index is 0.00000361. The molecule has 0 amide bonds. The van der Waals surface area contributed by atoms with Crippen molar-refractivity contribution in [3.05, 3.63) is 42.5 Å². The molecule has 1 aromatic heterocycles. The zero-order valence-electron chi connectivity index (χ0n) is 12.0. The third-order valence-electron chi connectivity index (χ3n) is 2.72. The average Bonchev–Trinajstić information content (AvgIpc) is 2.41. The predicted octanol–water partition coefficient (Wildman–Crippen LogP) is 2.81. The summed E-state index contributed by atoms with van der Waals surface area (Å²) in [5, 5.41) is 3.10. The Morgan fingerprint density at radius 1 is 1.60 bits per heavy atom. The molecule has 0 bridgehead atoms. The number of nitrogens with one attached hydrogen (secondary N) is 1. The average molecular weight is 392 g/mol. The molecule has 0 atom stereocenters. The highest BCUT2D eigenvalue weighted by Crippen LogP contribution is 2.02. The number of hydrogen-bond acceptors (Lipinski definition) is 2. The van der Waals surface area contributed by atoms with Gasteiger partial charge in [0, 0.05) is 26.8 Å². The van der Waals surface area contributed by atoms with E-state index in [9.17, 15) is 4.39 Å². The second-order valence-corrected chi connectivity index (χ2v) is 4.19. The smallest absolute Gasteiger partial charge is 0.193 e. The van der Waals surface area contributed by atoms with E-state index in [1.807, 2.05) is 18.0 Å². The minimum Gasteiger partial charge on any atom is -0.350 e. The topological polar surface area (TPSA) is 40.5 Å². The second kappa shape index (κ2) is 10.6. The lowest BCUT2D eigenvalue weighted by Gasteiger charge is -2.21. The van der Waals surface area contributed by atoms with Crippen LogP contribution in [0.25, 0.3) is 0 Å². The molecular weight excluding hydrogens is 370 g/mol. The van der Waals surface area contributed by atoms with Crippen LogP contribution in [0.15, 0.2) is 36.0 Å². The van der Waals surface area contributed by atoms with Crippen LogP contribution in [0.2, 0.25) is 0 Å². The van der Waals surface area contributed by atoms with Gasteiger partial charge in [-0.3, -0.25) is 9.98 Å². The van der Waals surface area contributed by atoms with Crippen molar-refractivity contribution in [3.63, 3.8) is 0 Å². The van der Waals surface area contributed by atoms with Gasteiger partial charge in [-0.1, -0.05) is 6.08 Å². The SMILES string of the molecule is C=CCCCN(C)C(=NC)NCc1ncccc1F.I. The van der Waals surface area contributed by atoms with Crippen molar-refractivity contribution in [3.8, 4) is 0 Å². The molecule has 1 aromatic rings. The quantitative estimate of drug-likeness (QED) is 0.266. The van der Waals surface area contributed by atoms with Crippen molar-refractivity contribution in [2.45, 2.75) is 19.4 Å². The number of aliphatic imine (C=N–C) groups is 1. The van der Waals surface area contributed by atoms with Crippen LogP contribution in [0.5, 0.6) is 0 Å². The van der Waals surface area contributed by atoms with E-state index in [1.54, 1.807) is 19.3 Å². The summed E-state index contributed by atoms with van der Waals surface area (Å²) in [6.07, 6.45) is 5.46. The fourth-order valence-corrected chi connectivity index (χ4v) is 1.67. The molecule has 0 radical (unpaired) electrons. The Kier molecular flexibility index (Phi) is 9.96. The number of allylic oxidation sites excluding steroid dienone is 1. The lowest BCUT2D eigenvalue weighted by molar-refractivity contribution is 0.467. The van der Waals surface area contributed by atoms with Gasteiger partial charge in [0.1, 0.15) is 5.82 Å². The van der Waals surface area contributed by atoms with Crippen molar-refractivity contribution in [2.24, 2.45) is 4.99 Å². The Labute approximate surface area is 137 Å². The number of guanidine groups is 1. The largest absolute Gasteiger partial charge is 0.350 e. The maximum absolute atomic E-state index is 13.4. The number of nitrogens with zero attached hydrogens (tertiary/aromatic N) is 3. The molecule has 1 rings (SSSR count). The molecule has 6 heteroatoms. The zero-order valence-corrected chi connectivity index (χ0v) is 14.3. The highest BCUT2D eigenvalue weighted by atomic mass is 127. The van der Waals surface area contributed by atoms with Crippen LogP contribution in [0.1, 0.15) is 18.5 Å². The second-order valence-electron chi connectivity index (χ2n) is 4.19. The van der Waals surface area contributed by atoms with Crippen LogP contribution in [-0.4, -0.2) is 36.5 Å². The van der Waals surface area contributed by atoms with Crippen LogP contribution < -0.4 is 5.32 Å². The summed E-state index contributed by atoms with van der Waals surface area (Å²) in [6.45, 7) is 4.89. The number of pyridine rings is 1. The molecule has 0 spiro atoms. The Morgan fingerprint density at radius 3 is 2.95 bits per heavy atom. The lowest BCUT2D eigenvalue weighted by Crippen LogP contribution is -2.39. The Morgan fingerprint density at radius 2 is 2.35 bits per heavy atom. The Hall–Kier alpha value is -1.18. The minimum atomic E-state index is -0.306. The van der Waals surface area contributed by atoms with Gasteiger partial charge in [0.15, 0.2) is 5.96 Å². The van der Waals surface area contributed by atoms with Gasteiger partial charge in [0.25, 0.3) is 0 Å². The van der Waals surface area contributed by atoms with Gasteiger partial charge in [-0.15, -0.1) is 30.6 Å². The zero-order chi connectivity index (χ0) is 14.1. The van der Waals surface area contributed by atoms with E-state index in [-0.39, 0.29) is 29.8 Å². The summed E-state index contributed by atoms with van der Waals surface area (Å²) < 4.78 is 13.4. The molecule has 1 N–H and O–H groups in total. The standard InChI is InChI=1S/C14H21FN4.HI/c1-4-5-6-10-19(3)14(16-2)18-11-13-12(15)8-7-9-17-13;/h4,7-9H,1,5-6,10-11H2,2-3H3,(H,16,18);1H. The van der Waals surface area contributed by atoms with Crippen molar-refractivity contribution in [1.82, 2.24) is 15.2 Å². The monoisotopic (exact) mass is 392 g/mol. The highest BCUT2D eigenvalue weighted by molar-refractivity contribution is 14.0. The normalized spacial score (nSPS) is 10.7. The first-order chi connectivity index (χ1) is 9.19. The molecule has 0 unspecified atom stereocenters. The van der Waals surface area contributed by atoms with Crippen LogP contribution in [0.4, 0.5) is 4.39 Å². The molecule has 20 heavy (non-hydrogen) atoms. The number of aromatic nitrogens is 1. The van der Waals surface area contributed by atoms with E-state index in [1.165, 1.54) is 6.07 Å². The summed E-state index contributed by atoms with van der Waals surface area (Å²) in [7, 11) is 3.66. The van der Waals surface area contributed by atoms with Crippen molar-refractivity contribution >= 4 is 29.9 Å². The first-order valence-electron chi connectivity index (χ1n) is 6.31. The van der Waals surface area contributed by atoms with Crippen molar-refractivity contribution in [1.29, 1.82) is 0 Å². The molecule has 0 aliphatic rings. The lowest BCUT2D eigenvalue weighted by atomic mass is 10.3. The maximum Gasteiger partial charge on any atom is 0.193 e. The molecule has 1 heterocycles. The van der Waals surface area contributed by atoms with E-state index in [2.05, 4.69) is 21.9 Å². The molecule has 0 saturated heterocycles. The highest BCUT2D eigenvalue weighted by Gasteiger charge is 2.07. The van der Waals surface area contributed by atoms with E-state index < -0.39 is 0 Å². The van der Waals surface area contributed by atoms with E-state index in [0.29, 0.717) is 12.2 Å². The third-order valence-corrected chi connectivity index (χ3v) is 2.72. The first-order valence-corrected chi connectivity index (χ1v) is 6.31. The summed E-state index contributed by atoms with van der Waals surface area (Å²) in [6, 6.07) is 2.98. The van der Waals surface area contributed by atoms with Crippen LogP contribution in [0.3, 0.4) is 0 Å². The molecule has 4 nitrogen and oxygen atoms in total. The number of halogens is 2. The number of rotatable bonds is 6. The molecule has 0 aliphatic carbocycles. The predicted molar refractivity (Wildman–Crippen MR) is 91.9 cm³/mol. The van der Waals surface area contributed by atoms with E-state index >= 15 is 0 Å². The van der Waals surface area contributed by atoms with Crippen molar-refractivity contribution in [2.75, 3.05) is 20.6 Å². The van der Waals surface area contributed by atoms with Gasteiger partial charge < -0.3 is 10.2 Å². The summed E-state index contributed by atoms with van der Waals surface area (Å²) in [5.41, 5.74) is 0.392. The third kappa shape index (κ3) is 6.31. The minimum absolute atomic E-state index is 0. The van der Waals surface area contributed by atoms with Crippen LogP contribution in [-0.2, 0) is 6.54 Å². The van der Waals surface area contributed by atoms with Gasteiger partial charge in [-0.25, -0.2) is 4.39 Å². The molecule has 0 aliphatic heterocycles. The van der Waals surface area contributed by atoms with Gasteiger partial charge in [-0.2, -0.15) is 0 Å². The van der Waals surface area contributed by atoms with Crippen molar-refractivity contribution < 1.29 is 4.39 Å². The molecule has 112 valence electrons. The summed E-state index contributed by atoms with van der Waals surface area (Å²) in [4.78, 5) is 10.2. The van der Waals surface area contributed by atoms with E-state index in [4.69, 9.17) is 0 Å². The number of hydrogen-bond donors (Lipinski definition) is 1. The van der Waals surface area contributed by atoms with Crippen LogP contribution >= 0.6 is 24.0 Å². The number of unbranched alkanes of at least 4 members (excludes halogenated alkanes) is 1. The molecule has 0 fully saturated rings. The van der Waals surface area contributed by atoms with Crippen LogP contribution in [0, 0.1) is 5.82 Å².